The number of carbonyl (C=O) groups is 1. The molecule has 24 heavy (non-hydrogen) atoms. The molecule has 0 saturated carbocycles. The first-order valence-electron chi connectivity index (χ1n) is 8.29. The zero-order chi connectivity index (χ0) is 17.0. The van der Waals surface area contributed by atoms with Gasteiger partial charge in [-0.15, -0.1) is 0 Å². The molecule has 3 rings (SSSR count). The van der Waals surface area contributed by atoms with Crippen LogP contribution in [-0.4, -0.2) is 49.9 Å². The van der Waals surface area contributed by atoms with Crippen LogP contribution in [0.2, 0.25) is 0 Å². The second-order valence-electron chi connectivity index (χ2n) is 6.28. The molecule has 0 aliphatic carbocycles. The van der Waals surface area contributed by atoms with Gasteiger partial charge in [-0.25, -0.2) is 8.42 Å². The summed E-state index contributed by atoms with van der Waals surface area (Å²) >= 11 is 0. The number of hydrogen-bond donors (Lipinski definition) is 3. The van der Waals surface area contributed by atoms with Crippen molar-refractivity contribution in [1.82, 2.24) is 15.6 Å². The molecular formula is C17H23N3O3S. The molecule has 1 aromatic heterocycles. The summed E-state index contributed by atoms with van der Waals surface area (Å²) in [4.78, 5) is 15.1. The molecule has 2 aromatic rings. The van der Waals surface area contributed by atoms with Crippen LogP contribution in [0.5, 0.6) is 0 Å². The highest BCUT2D eigenvalue weighted by atomic mass is 32.2. The topological polar surface area (TPSA) is 91.1 Å². The lowest BCUT2D eigenvalue weighted by Crippen LogP contribution is -2.37. The van der Waals surface area contributed by atoms with E-state index in [-0.39, 0.29) is 23.5 Å². The quantitative estimate of drug-likeness (QED) is 0.650. The van der Waals surface area contributed by atoms with Gasteiger partial charge in [0.05, 0.1) is 11.5 Å². The molecule has 1 atom stereocenters. The summed E-state index contributed by atoms with van der Waals surface area (Å²) in [5, 5.41) is 7.30. The maximum Gasteiger partial charge on any atom is 0.221 e. The molecule has 1 aromatic carbocycles. The maximum absolute atomic E-state index is 11.8. The van der Waals surface area contributed by atoms with Crippen molar-refractivity contribution in [2.45, 2.75) is 25.3 Å². The molecule has 7 heteroatoms. The predicted molar refractivity (Wildman–Crippen MR) is 94.7 cm³/mol. The molecule has 6 nitrogen and oxygen atoms in total. The van der Waals surface area contributed by atoms with Crippen molar-refractivity contribution >= 4 is 26.6 Å². The number of aromatic nitrogens is 1. The van der Waals surface area contributed by atoms with Gasteiger partial charge in [0.15, 0.2) is 9.84 Å². The number of rotatable bonds is 7. The number of aromatic amines is 1. The first kappa shape index (κ1) is 17.0. The minimum atomic E-state index is -2.95. The number of amides is 1. The summed E-state index contributed by atoms with van der Waals surface area (Å²) in [6.45, 7) is 1.39. The molecule has 0 spiro atoms. The summed E-state index contributed by atoms with van der Waals surface area (Å²) in [6.07, 6.45) is 3.82. The Hall–Kier alpha value is -1.86. The smallest absolute Gasteiger partial charge is 0.221 e. The highest BCUT2D eigenvalue weighted by Gasteiger charge is 2.28. The number of hydrogen-bond acceptors (Lipinski definition) is 4. The molecule has 2 heterocycles. The van der Waals surface area contributed by atoms with E-state index in [4.69, 9.17) is 0 Å². The highest BCUT2D eigenvalue weighted by Crippen LogP contribution is 2.17. The molecule has 3 N–H and O–H groups in total. The first-order valence-corrected chi connectivity index (χ1v) is 10.1. The Bertz CT molecular complexity index is 813. The van der Waals surface area contributed by atoms with E-state index < -0.39 is 9.84 Å². The Balaban J connectivity index is 1.34. The van der Waals surface area contributed by atoms with Crippen molar-refractivity contribution in [3.63, 3.8) is 0 Å². The highest BCUT2D eigenvalue weighted by molar-refractivity contribution is 7.91. The molecule has 1 unspecified atom stereocenters. The van der Waals surface area contributed by atoms with Crippen LogP contribution in [0.15, 0.2) is 30.5 Å². The molecular weight excluding hydrogens is 326 g/mol. The molecule has 1 saturated heterocycles. The van der Waals surface area contributed by atoms with Gasteiger partial charge in [-0.3, -0.25) is 4.79 Å². The second-order valence-corrected chi connectivity index (χ2v) is 8.51. The van der Waals surface area contributed by atoms with Crippen LogP contribution in [-0.2, 0) is 21.1 Å². The fourth-order valence-electron chi connectivity index (χ4n) is 3.10. The lowest BCUT2D eigenvalue weighted by molar-refractivity contribution is -0.121. The van der Waals surface area contributed by atoms with E-state index in [0.717, 1.165) is 18.5 Å². The van der Waals surface area contributed by atoms with Gasteiger partial charge in [0.25, 0.3) is 0 Å². The van der Waals surface area contributed by atoms with E-state index in [0.29, 0.717) is 19.4 Å². The lowest BCUT2D eigenvalue weighted by Gasteiger charge is -2.11. The van der Waals surface area contributed by atoms with Crippen LogP contribution in [0.25, 0.3) is 10.9 Å². The summed E-state index contributed by atoms with van der Waals surface area (Å²) in [6, 6.07) is 7.98. The van der Waals surface area contributed by atoms with Crippen LogP contribution >= 0.6 is 0 Å². The van der Waals surface area contributed by atoms with Gasteiger partial charge in [-0.05, 0) is 31.0 Å². The molecule has 1 fully saturated rings. The molecule has 1 aliphatic rings. The predicted octanol–water partition coefficient (Wildman–Crippen LogP) is 0.993. The fraction of sp³-hybridized carbons (Fsp3) is 0.471. The Morgan fingerprint density at radius 1 is 1.25 bits per heavy atom. The van der Waals surface area contributed by atoms with E-state index >= 15 is 0 Å². The molecule has 0 bridgehead atoms. The van der Waals surface area contributed by atoms with Gasteiger partial charge in [0, 0.05) is 36.1 Å². The Morgan fingerprint density at radius 3 is 2.88 bits per heavy atom. The van der Waals surface area contributed by atoms with Gasteiger partial charge in [-0.2, -0.15) is 0 Å². The molecule has 1 aliphatic heterocycles. The number of H-pyrrole nitrogens is 1. The number of carbonyl (C=O) groups excluding carboxylic acids is 1. The average molecular weight is 349 g/mol. The van der Waals surface area contributed by atoms with Crippen LogP contribution in [0.4, 0.5) is 0 Å². The average Bonchev–Trinajstić information content (AvgIpc) is 3.10. The Labute approximate surface area is 141 Å². The normalized spacial score (nSPS) is 19.6. The zero-order valence-corrected chi connectivity index (χ0v) is 14.4. The maximum atomic E-state index is 11.8. The second kappa shape index (κ2) is 7.36. The van der Waals surface area contributed by atoms with Crippen molar-refractivity contribution in [2.75, 3.05) is 24.6 Å². The summed E-state index contributed by atoms with van der Waals surface area (Å²) in [7, 11) is -2.95. The largest absolute Gasteiger partial charge is 0.361 e. The van der Waals surface area contributed by atoms with Crippen molar-refractivity contribution in [1.29, 1.82) is 0 Å². The number of para-hydroxylation sites is 1. The van der Waals surface area contributed by atoms with Crippen LogP contribution in [0, 0.1) is 0 Å². The van der Waals surface area contributed by atoms with E-state index in [2.05, 4.69) is 27.8 Å². The van der Waals surface area contributed by atoms with Crippen molar-refractivity contribution in [3.8, 4) is 0 Å². The molecule has 1 amide bonds. The third kappa shape index (κ3) is 4.36. The van der Waals surface area contributed by atoms with Crippen molar-refractivity contribution in [3.05, 3.63) is 36.0 Å². The van der Waals surface area contributed by atoms with E-state index in [1.54, 1.807) is 0 Å². The lowest BCUT2D eigenvalue weighted by atomic mass is 10.1. The number of benzene rings is 1. The minimum absolute atomic E-state index is 0.0761. The van der Waals surface area contributed by atoms with Gasteiger partial charge >= 0.3 is 0 Å². The molecule has 0 radical (unpaired) electrons. The zero-order valence-electron chi connectivity index (χ0n) is 13.5. The Kier molecular flexibility index (Phi) is 5.20. The fourth-order valence-corrected chi connectivity index (χ4v) is 4.77. The SMILES string of the molecule is O=C(CCNCCc1c[nH]c2ccccc12)NC1CCS(=O)(=O)C1. The molecule has 130 valence electrons. The summed E-state index contributed by atoms with van der Waals surface area (Å²) < 4.78 is 22.7. The van der Waals surface area contributed by atoms with Crippen LogP contribution < -0.4 is 10.6 Å². The monoisotopic (exact) mass is 349 g/mol. The van der Waals surface area contributed by atoms with Gasteiger partial charge in [0.2, 0.25) is 5.91 Å². The summed E-state index contributed by atoms with van der Waals surface area (Å²) in [5.74, 6) is 0.171. The third-order valence-corrected chi connectivity index (χ3v) is 6.14. The number of fused-ring (bicyclic) bond motifs is 1. The van der Waals surface area contributed by atoms with E-state index in [9.17, 15) is 13.2 Å². The first-order chi connectivity index (χ1) is 11.5. The number of sulfone groups is 1. The third-order valence-electron chi connectivity index (χ3n) is 4.37. The summed E-state index contributed by atoms with van der Waals surface area (Å²) in [5.41, 5.74) is 2.40. The number of nitrogens with one attached hydrogen (secondary N) is 3. The van der Waals surface area contributed by atoms with Crippen molar-refractivity contribution in [2.24, 2.45) is 0 Å². The van der Waals surface area contributed by atoms with Gasteiger partial charge in [-0.1, -0.05) is 18.2 Å². The van der Waals surface area contributed by atoms with Gasteiger partial charge in [0.1, 0.15) is 0 Å². The van der Waals surface area contributed by atoms with Crippen LogP contribution in [0.3, 0.4) is 0 Å². The van der Waals surface area contributed by atoms with Crippen molar-refractivity contribution < 1.29 is 13.2 Å². The minimum Gasteiger partial charge on any atom is -0.361 e. The Morgan fingerprint density at radius 2 is 2.08 bits per heavy atom. The van der Waals surface area contributed by atoms with Gasteiger partial charge < -0.3 is 15.6 Å². The van der Waals surface area contributed by atoms with E-state index in [1.165, 1.54) is 10.9 Å². The standard InChI is InChI=1S/C17H23N3O3S/c21-17(20-14-7-10-24(22,23)12-14)6-9-18-8-5-13-11-19-16-4-2-1-3-15(13)16/h1-4,11,14,18-19H,5-10,12H2,(H,20,21). The van der Waals surface area contributed by atoms with Crippen LogP contribution in [0.1, 0.15) is 18.4 Å². The van der Waals surface area contributed by atoms with E-state index in [1.807, 2.05) is 18.3 Å².